The van der Waals surface area contributed by atoms with E-state index < -0.39 is 17.8 Å². The van der Waals surface area contributed by atoms with E-state index in [0.717, 1.165) is 4.90 Å². The fourth-order valence-electron chi connectivity index (χ4n) is 1.35. The molecular formula is C11H15N3O4. The first kappa shape index (κ1) is 13.9. The van der Waals surface area contributed by atoms with Gasteiger partial charge in [-0.25, -0.2) is 4.79 Å². The van der Waals surface area contributed by atoms with Crippen molar-refractivity contribution in [3.05, 3.63) is 23.9 Å². The van der Waals surface area contributed by atoms with Gasteiger partial charge in [-0.1, -0.05) is 13.0 Å². The zero-order valence-electron chi connectivity index (χ0n) is 10.3. The van der Waals surface area contributed by atoms with Crippen molar-refractivity contribution in [1.82, 2.24) is 15.7 Å². The van der Waals surface area contributed by atoms with E-state index >= 15 is 0 Å². The van der Waals surface area contributed by atoms with Crippen LogP contribution in [-0.2, 0) is 14.4 Å². The highest BCUT2D eigenvalue weighted by Gasteiger charge is 2.35. The maximum absolute atomic E-state index is 11.8. The van der Waals surface area contributed by atoms with Crippen molar-refractivity contribution < 1.29 is 19.2 Å². The van der Waals surface area contributed by atoms with Crippen LogP contribution in [0.25, 0.3) is 0 Å². The molecule has 1 aliphatic rings. The van der Waals surface area contributed by atoms with Gasteiger partial charge in [-0.05, 0) is 6.42 Å². The number of allylic oxidation sites excluding steroid dienone is 1. The molecule has 0 saturated carbocycles. The normalized spacial score (nSPS) is 18.6. The molecule has 98 valence electrons. The third kappa shape index (κ3) is 2.75. The quantitative estimate of drug-likeness (QED) is 0.238. The first-order chi connectivity index (χ1) is 8.52. The molecule has 1 saturated heterocycles. The van der Waals surface area contributed by atoms with E-state index in [9.17, 15) is 14.4 Å². The topological polar surface area (TPSA) is 87.7 Å². The first-order valence-corrected chi connectivity index (χ1v) is 5.38. The number of hydrogen-bond donors (Lipinski definition) is 2. The van der Waals surface area contributed by atoms with Crippen LogP contribution in [0.15, 0.2) is 23.9 Å². The van der Waals surface area contributed by atoms with Crippen LogP contribution in [0.4, 0.5) is 4.79 Å². The first-order valence-electron chi connectivity index (χ1n) is 5.38. The van der Waals surface area contributed by atoms with Crippen molar-refractivity contribution in [2.75, 3.05) is 13.7 Å². The van der Waals surface area contributed by atoms with Gasteiger partial charge in [0, 0.05) is 7.05 Å². The van der Waals surface area contributed by atoms with E-state index in [1.54, 1.807) is 6.92 Å². The maximum Gasteiger partial charge on any atom is 0.331 e. The minimum atomic E-state index is -0.740. The van der Waals surface area contributed by atoms with Crippen LogP contribution in [0.5, 0.6) is 0 Å². The minimum Gasteiger partial charge on any atom is -0.273 e. The Bertz CT molecular complexity index is 428. The van der Waals surface area contributed by atoms with Crippen LogP contribution >= 0.6 is 0 Å². The molecule has 1 rings (SSSR count). The van der Waals surface area contributed by atoms with Crippen molar-refractivity contribution in [3.8, 4) is 0 Å². The Hall–Kier alpha value is -2.15. The highest BCUT2D eigenvalue weighted by Crippen LogP contribution is 2.13. The van der Waals surface area contributed by atoms with Gasteiger partial charge in [-0.3, -0.25) is 30.1 Å². The standard InChI is InChI=1S/C11H15N3O4/c1-4-6-18-13-7(5-2)8-9(15)12-11(17)14(3)10(8)16/h4,13H,1,5-6H2,2-3H3,(H,12,15,17)/b8-7-. The number of hydroxylamine groups is 1. The second kappa shape index (κ2) is 5.97. The molecule has 0 atom stereocenters. The van der Waals surface area contributed by atoms with E-state index in [2.05, 4.69) is 17.4 Å². The molecule has 1 heterocycles. The molecule has 4 amide bonds. The van der Waals surface area contributed by atoms with Gasteiger partial charge in [-0.2, -0.15) is 0 Å². The summed E-state index contributed by atoms with van der Waals surface area (Å²) < 4.78 is 0. The number of likely N-dealkylation sites (N-methyl/N-ethyl adjacent to an activating group) is 1. The van der Waals surface area contributed by atoms with Crippen LogP contribution < -0.4 is 10.8 Å². The van der Waals surface area contributed by atoms with Crippen LogP contribution in [-0.4, -0.2) is 36.4 Å². The number of barbiturate groups is 1. The van der Waals surface area contributed by atoms with Gasteiger partial charge in [0.25, 0.3) is 11.8 Å². The molecule has 7 nitrogen and oxygen atoms in total. The molecule has 0 spiro atoms. The fourth-order valence-corrected chi connectivity index (χ4v) is 1.35. The Morgan fingerprint density at radius 1 is 1.50 bits per heavy atom. The van der Waals surface area contributed by atoms with Gasteiger partial charge in [0.1, 0.15) is 5.57 Å². The lowest BCUT2D eigenvalue weighted by Crippen LogP contribution is -2.53. The summed E-state index contributed by atoms with van der Waals surface area (Å²) in [5.41, 5.74) is 2.72. The number of imide groups is 2. The molecule has 0 aromatic heterocycles. The Morgan fingerprint density at radius 2 is 2.17 bits per heavy atom. The van der Waals surface area contributed by atoms with Gasteiger partial charge >= 0.3 is 6.03 Å². The smallest absolute Gasteiger partial charge is 0.273 e. The van der Waals surface area contributed by atoms with Crippen LogP contribution in [0.1, 0.15) is 13.3 Å². The van der Waals surface area contributed by atoms with E-state index in [0.29, 0.717) is 12.1 Å². The average Bonchev–Trinajstić information content (AvgIpc) is 2.34. The van der Waals surface area contributed by atoms with E-state index in [4.69, 9.17) is 4.84 Å². The van der Waals surface area contributed by atoms with Crippen LogP contribution in [0.3, 0.4) is 0 Å². The molecule has 0 aliphatic carbocycles. The maximum atomic E-state index is 11.8. The van der Waals surface area contributed by atoms with Crippen molar-refractivity contribution >= 4 is 17.8 Å². The highest BCUT2D eigenvalue weighted by atomic mass is 16.6. The Balaban J connectivity index is 2.99. The predicted octanol–water partition coefficient (Wildman–Crippen LogP) is 0.0659. The van der Waals surface area contributed by atoms with Crippen LogP contribution in [0, 0.1) is 0 Å². The summed E-state index contributed by atoms with van der Waals surface area (Å²) >= 11 is 0. The lowest BCUT2D eigenvalue weighted by Gasteiger charge is -2.24. The number of rotatable bonds is 5. The zero-order chi connectivity index (χ0) is 13.7. The average molecular weight is 253 g/mol. The van der Waals surface area contributed by atoms with Gasteiger partial charge in [0.05, 0.1) is 12.3 Å². The summed E-state index contributed by atoms with van der Waals surface area (Å²) in [5.74, 6) is -1.38. The highest BCUT2D eigenvalue weighted by molar-refractivity contribution is 6.29. The molecule has 0 bridgehead atoms. The molecule has 0 aromatic carbocycles. The summed E-state index contributed by atoms with van der Waals surface area (Å²) in [6.07, 6.45) is 1.90. The van der Waals surface area contributed by atoms with E-state index in [1.165, 1.54) is 13.1 Å². The Labute approximate surface area is 104 Å². The van der Waals surface area contributed by atoms with Crippen molar-refractivity contribution in [2.24, 2.45) is 0 Å². The number of nitrogens with zero attached hydrogens (tertiary/aromatic N) is 1. The monoisotopic (exact) mass is 253 g/mol. The third-order valence-corrected chi connectivity index (χ3v) is 2.32. The summed E-state index contributed by atoms with van der Waals surface area (Å²) in [4.78, 5) is 40.5. The third-order valence-electron chi connectivity index (χ3n) is 2.32. The fraction of sp³-hybridized carbons (Fsp3) is 0.364. The molecule has 0 unspecified atom stereocenters. The SMILES string of the molecule is C=CCON/C(CC)=C1/C(=O)NC(=O)N(C)C1=O. The summed E-state index contributed by atoms with van der Waals surface area (Å²) in [6.45, 7) is 5.44. The largest absolute Gasteiger partial charge is 0.331 e. The van der Waals surface area contributed by atoms with E-state index in [-0.39, 0.29) is 12.2 Å². The van der Waals surface area contributed by atoms with Gasteiger partial charge < -0.3 is 0 Å². The molecule has 1 aliphatic heterocycles. The van der Waals surface area contributed by atoms with Gasteiger partial charge in [0.15, 0.2) is 0 Å². The van der Waals surface area contributed by atoms with Gasteiger partial charge in [0.2, 0.25) is 0 Å². The molecule has 7 heteroatoms. The molecule has 18 heavy (non-hydrogen) atoms. The molecule has 2 N–H and O–H groups in total. The number of urea groups is 1. The van der Waals surface area contributed by atoms with E-state index in [1.807, 2.05) is 0 Å². The van der Waals surface area contributed by atoms with Crippen LogP contribution in [0.2, 0.25) is 0 Å². The number of amides is 4. The van der Waals surface area contributed by atoms with Crippen molar-refractivity contribution in [1.29, 1.82) is 0 Å². The molecule has 1 fully saturated rings. The lowest BCUT2D eigenvalue weighted by atomic mass is 10.1. The second-order valence-electron chi connectivity index (χ2n) is 3.53. The summed E-state index contributed by atoms with van der Waals surface area (Å²) in [6, 6.07) is -0.740. The summed E-state index contributed by atoms with van der Waals surface area (Å²) in [5, 5.41) is 2.07. The lowest BCUT2D eigenvalue weighted by molar-refractivity contribution is -0.129. The zero-order valence-corrected chi connectivity index (χ0v) is 10.3. The van der Waals surface area contributed by atoms with Crippen molar-refractivity contribution in [2.45, 2.75) is 13.3 Å². The number of carbonyl (C=O) groups excluding carboxylic acids is 3. The molecule has 0 aromatic rings. The second-order valence-corrected chi connectivity index (χ2v) is 3.53. The predicted molar refractivity (Wildman–Crippen MR) is 62.9 cm³/mol. The molecule has 0 radical (unpaired) electrons. The summed E-state index contributed by atoms with van der Waals surface area (Å²) in [7, 11) is 1.29. The molecular weight excluding hydrogens is 238 g/mol. The minimum absolute atomic E-state index is 0.122. The number of carbonyl (C=O) groups is 3. The van der Waals surface area contributed by atoms with Gasteiger partial charge in [-0.15, -0.1) is 6.58 Å². The number of nitrogens with one attached hydrogen (secondary N) is 2. The number of hydrogen-bond acceptors (Lipinski definition) is 5. The Kier molecular flexibility index (Phi) is 4.61. The van der Waals surface area contributed by atoms with Crippen molar-refractivity contribution in [3.63, 3.8) is 0 Å². The Morgan fingerprint density at radius 3 is 2.72 bits per heavy atom.